The predicted octanol–water partition coefficient (Wildman–Crippen LogP) is 3.31. The Morgan fingerprint density at radius 2 is 2.17 bits per heavy atom. The van der Waals surface area contributed by atoms with Crippen molar-refractivity contribution in [3.05, 3.63) is 34.3 Å². The highest BCUT2D eigenvalue weighted by Crippen LogP contribution is 2.32. The Hall–Kier alpha value is -1.99. The molecule has 4 nitrogen and oxygen atoms in total. The standard InChI is InChI=1S/C13H13ClN4/c1-7(2)8-3-4-9(11(14)5-8)12-10(6-15)13(16)18-17-12/h3-5,7H,1-2H3,(H3,16,17,18). The van der Waals surface area contributed by atoms with Crippen molar-refractivity contribution in [2.75, 3.05) is 5.73 Å². The number of hydrogen-bond acceptors (Lipinski definition) is 3. The Labute approximate surface area is 110 Å². The number of nitriles is 1. The highest BCUT2D eigenvalue weighted by atomic mass is 35.5. The zero-order valence-electron chi connectivity index (χ0n) is 10.2. The molecule has 0 aliphatic heterocycles. The van der Waals surface area contributed by atoms with Crippen LogP contribution in [0, 0.1) is 11.3 Å². The first-order valence-electron chi connectivity index (χ1n) is 5.58. The number of hydrogen-bond donors (Lipinski definition) is 2. The van der Waals surface area contributed by atoms with Crippen LogP contribution in [-0.2, 0) is 0 Å². The Kier molecular flexibility index (Phi) is 3.26. The number of halogens is 1. The molecule has 1 heterocycles. The maximum atomic E-state index is 9.05. The molecule has 92 valence electrons. The topological polar surface area (TPSA) is 78.5 Å². The van der Waals surface area contributed by atoms with Crippen LogP contribution in [0.2, 0.25) is 5.02 Å². The van der Waals surface area contributed by atoms with Crippen LogP contribution in [0.25, 0.3) is 11.3 Å². The van der Waals surface area contributed by atoms with Gasteiger partial charge in [-0.05, 0) is 17.5 Å². The van der Waals surface area contributed by atoms with E-state index < -0.39 is 0 Å². The highest BCUT2D eigenvalue weighted by molar-refractivity contribution is 6.33. The van der Waals surface area contributed by atoms with Crippen molar-refractivity contribution in [3.63, 3.8) is 0 Å². The number of anilines is 1. The van der Waals surface area contributed by atoms with Crippen LogP contribution in [0.15, 0.2) is 18.2 Å². The number of H-pyrrole nitrogens is 1. The molecule has 0 atom stereocenters. The van der Waals surface area contributed by atoms with E-state index in [9.17, 15) is 0 Å². The van der Waals surface area contributed by atoms with Gasteiger partial charge in [0.2, 0.25) is 0 Å². The molecular weight excluding hydrogens is 248 g/mol. The van der Waals surface area contributed by atoms with Crippen molar-refractivity contribution in [2.24, 2.45) is 0 Å². The fourth-order valence-electron chi connectivity index (χ4n) is 1.75. The van der Waals surface area contributed by atoms with Crippen molar-refractivity contribution in [3.8, 4) is 17.3 Å². The lowest BCUT2D eigenvalue weighted by molar-refractivity contribution is 0.867. The van der Waals surface area contributed by atoms with Crippen LogP contribution in [0.5, 0.6) is 0 Å². The molecule has 0 saturated heterocycles. The number of aromatic amines is 1. The fraction of sp³-hybridized carbons (Fsp3) is 0.231. The second kappa shape index (κ2) is 4.71. The molecule has 0 bridgehead atoms. The lowest BCUT2D eigenvalue weighted by Crippen LogP contribution is -1.91. The van der Waals surface area contributed by atoms with E-state index in [0.29, 0.717) is 27.8 Å². The Morgan fingerprint density at radius 1 is 1.44 bits per heavy atom. The molecule has 18 heavy (non-hydrogen) atoms. The third kappa shape index (κ3) is 2.05. The van der Waals surface area contributed by atoms with Crippen molar-refractivity contribution in [2.45, 2.75) is 19.8 Å². The molecule has 1 aromatic carbocycles. The van der Waals surface area contributed by atoms with E-state index in [-0.39, 0.29) is 5.82 Å². The molecule has 0 amide bonds. The van der Waals surface area contributed by atoms with Gasteiger partial charge in [-0.1, -0.05) is 37.6 Å². The molecule has 0 aliphatic rings. The summed E-state index contributed by atoms with van der Waals surface area (Å²) in [4.78, 5) is 0. The van der Waals surface area contributed by atoms with Gasteiger partial charge in [0.05, 0.1) is 5.02 Å². The summed E-state index contributed by atoms with van der Waals surface area (Å²) in [5.41, 5.74) is 8.32. The smallest absolute Gasteiger partial charge is 0.137 e. The number of nitrogen functional groups attached to an aromatic ring is 1. The van der Waals surface area contributed by atoms with Gasteiger partial charge in [0.1, 0.15) is 23.1 Å². The van der Waals surface area contributed by atoms with Gasteiger partial charge < -0.3 is 5.73 Å². The summed E-state index contributed by atoms with van der Waals surface area (Å²) in [6.45, 7) is 4.19. The molecule has 1 aromatic heterocycles. The quantitative estimate of drug-likeness (QED) is 0.869. The Morgan fingerprint density at radius 3 is 2.72 bits per heavy atom. The van der Waals surface area contributed by atoms with E-state index in [4.69, 9.17) is 22.6 Å². The van der Waals surface area contributed by atoms with Gasteiger partial charge in [-0.25, -0.2) is 0 Å². The van der Waals surface area contributed by atoms with E-state index in [1.54, 1.807) is 0 Å². The van der Waals surface area contributed by atoms with E-state index in [2.05, 4.69) is 24.0 Å². The lowest BCUT2D eigenvalue weighted by atomic mass is 10.00. The second-order valence-electron chi connectivity index (χ2n) is 4.37. The summed E-state index contributed by atoms with van der Waals surface area (Å²) in [5.74, 6) is 0.660. The average Bonchev–Trinajstić information content (AvgIpc) is 2.70. The molecule has 0 saturated carbocycles. The Balaban J connectivity index is 2.55. The summed E-state index contributed by atoms with van der Waals surface area (Å²) >= 11 is 6.24. The maximum absolute atomic E-state index is 9.05. The third-order valence-electron chi connectivity index (χ3n) is 2.82. The van der Waals surface area contributed by atoms with Gasteiger partial charge in [-0.3, -0.25) is 5.10 Å². The maximum Gasteiger partial charge on any atom is 0.137 e. The molecular formula is C13H13ClN4. The highest BCUT2D eigenvalue weighted by Gasteiger charge is 2.15. The molecule has 2 rings (SSSR count). The van der Waals surface area contributed by atoms with Crippen LogP contribution < -0.4 is 5.73 Å². The summed E-state index contributed by atoms with van der Waals surface area (Å²) in [6.07, 6.45) is 0. The van der Waals surface area contributed by atoms with Crippen molar-refractivity contribution < 1.29 is 0 Å². The van der Waals surface area contributed by atoms with Crippen LogP contribution in [-0.4, -0.2) is 10.2 Å². The number of benzene rings is 1. The number of rotatable bonds is 2. The van der Waals surface area contributed by atoms with Gasteiger partial charge >= 0.3 is 0 Å². The third-order valence-corrected chi connectivity index (χ3v) is 3.13. The van der Waals surface area contributed by atoms with Crippen molar-refractivity contribution in [1.29, 1.82) is 5.26 Å². The monoisotopic (exact) mass is 260 g/mol. The van der Waals surface area contributed by atoms with Crippen LogP contribution >= 0.6 is 11.6 Å². The van der Waals surface area contributed by atoms with Gasteiger partial charge in [-0.15, -0.1) is 0 Å². The molecule has 0 radical (unpaired) electrons. The van der Waals surface area contributed by atoms with Gasteiger partial charge in [-0.2, -0.15) is 10.4 Å². The van der Waals surface area contributed by atoms with Crippen LogP contribution in [0.4, 0.5) is 5.82 Å². The normalized spacial score (nSPS) is 10.6. The molecule has 3 N–H and O–H groups in total. The minimum atomic E-state index is 0.261. The van der Waals surface area contributed by atoms with Crippen molar-refractivity contribution in [1.82, 2.24) is 10.2 Å². The SMILES string of the molecule is CC(C)c1ccc(-c2n[nH]c(N)c2C#N)c(Cl)c1. The van der Waals surface area contributed by atoms with Gasteiger partial charge in [0, 0.05) is 5.56 Å². The van der Waals surface area contributed by atoms with E-state index in [1.807, 2.05) is 24.3 Å². The summed E-state index contributed by atoms with van der Waals surface area (Å²) < 4.78 is 0. The van der Waals surface area contributed by atoms with Crippen molar-refractivity contribution >= 4 is 17.4 Å². The molecule has 5 heteroatoms. The number of nitrogens with two attached hydrogens (primary N) is 1. The first-order chi connectivity index (χ1) is 8.54. The minimum absolute atomic E-state index is 0.261. The molecule has 2 aromatic rings. The zero-order valence-corrected chi connectivity index (χ0v) is 10.9. The first kappa shape index (κ1) is 12.5. The largest absolute Gasteiger partial charge is 0.383 e. The molecule has 0 spiro atoms. The molecule has 0 fully saturated rings. The molecule has 0 aliphatic carbocycles. The number of aromatic nitrogens is 2. The van der Waals surface area contributed by atoms with Gasteiger partial charge in [0.25, 0.3) is 0 Å². The fourth-order valence-corrected chi connectivity index (χ4v) is 2.02. The van der Waals surface area contributed by atoms with Crippen LogP contribution in [0.1, 0.15) is 30.9 Å². The number of nitrogens with one attached hydrogen (secondary N) is 1. The predicted molar refractivity (Wildman–Crippen MR) is 72.3 cm³/mol. The lowest BCUT2D eigenvalue weighted by Gasteiger charge is -2.08. The molecule has 0 unspecified atom stereocenters. The van der Waals surface area contributed by atoms with E-state index in [0.717, 1.165) is 5.56 Å². The van der Waals surface area contributed by atoms with Crippen LogP contribution in [0.3, 0.4) is 0 Å². The van der Waals surface area contributed by atoms with E-state index >= 15 is 0 Å². The average molecular weight is 261 g/mol. The number of nitrogens with zero attached hydrogens (tertiary/aromatic N) is 2. The summed E-state index contributed by atoms with van der Waals surface area (Å²) in [7, 11) is 0. The first-order valence-corrected chi connectivity index (χ1v) is 5.96. The minimum Gasteiger partial charge on any atom is -0.383 e. The second-order valence-corrected chi connectivity index (χ2v) is 4.77. The van der Waals surface area contributed by atoms with E-state index in [1.165, 1.54) is 0 Å². The summed E-state index contributed by atoms with van der Waals surface area (Å²) in [6, 6.07) is 7.78. The van der Waals surface area contributed by atoms with Gasteiger partial charge in [0.15, 0.2) is 0 Å². The summed E-state index contributed by atoms with van der Waals surface area (Å²) in [5, 5.41) is 16.3. The zero-order chi connectivity index (χ0) is 13.3. The Bertz CT molecular complexity index is 622.